The van der Waals surface area contributed by atoms with E-state index < -0.39 is 15.4 Å². The van der Waals surface area contributed by atoms with Gasteiger partial charge in [0.1, 0.15) is 0 Å². The maximum absolute atomic E-state index is 10.0. The molecule has 0 rings (SSSR count). The molecule has 8 heavy (non-hydrogen) atoms. The Bertz CT molecular complexity index is 150. The molecular formula is C3H7ClO3S. The molecule has 1 N–H and O–H groups in total. The molecule has 3 nitrogen and oxygen atoms in total. The SMILES string of the molecule is CC(CCl)S(=O)(=O)O. The Kier molecular flexibility index (Phi) is 2.73. The van der Waals surface area contributed by atoms with E-state index in [0.717, 1.165) is 0 Å². The van der Waals surface area contributed by atoms with Crippen molar-refractivity contribution in [3.8, 4) is 0 Å². The first kappa shape index (κ1) is 8.20. The maximum Gasteiger partial charge on any atom is 0.268 e. The second-order valence-corrected chi connectivity index (χ2v) is 3.62. The number of halogens is 1. The van der Waals surface area contributed by atoms with Crippen LogP contribution in [0.5, 0.6) is 0 Å². The molecule has 0 aromatic rings. The van der Waals surface area contributed by atoms with Crippen LogP contribution in [0.3, 0.4) is 0 Å². The second kappa shape index (κ2) is 2.66. The van der Waals surface area contributed by atoms with Crippen LogP contribution in [0.2, 0.25) is 0 Å². The number of alkyl halides is 1. The van der Waals surface area contributed by atoms with Crippen molar-refractivity contribution in [2.45, 2.75) is 12.2 Å². The molecule has 0 saturated heterocycles. The molecule has 5 heteroatoms. The van der Waals surface area contributed by atoms with Gasteiger partial charge in [0.15, 0.2) is 0 Å². The van der Waals surface area contributed by atoms with Crippen LogP contribution >= 0.6 is 11.6 Å². The fraction of sp³-hybridized carbons (Fsp3) is 1.00. The van der Waals surface area contributed by atoms with Crippen molar-refractivity contribution in [1.29, 1.82) is 0 Å². The predicted molar refractivity (Wildman–Crippen MR) is 31.7 cm³/mol. The molecule has 0 aliphatic heterocycles. The Labute approximate surface area is 53.4 Å². The largest absolute Gasteiger partial charge is 0.285 e. The smallest absolute Gasteiger partial charge is 0.268 e. The molecule has 50 valence electrons. The number of rotatable bonds is 2. The summed E-state index contributed by atoms with van der Waals surface area (Å²) in [6, 6.07) is 0. The summed E-state index contributed by atoms with van der Waals surface area (Å²) in [6.45, 7) is 1.34. The molecule has 0 radical (unpaired) electrons. The van der Waals surface area contributed by atoms with Crippen LogP contribution < -0.4 is 0 Å². The average Bonchev–Trinajstić information content (AvgIpc) is 1.62. The van der Waals surface area contributed by atoms with Crippen molar-refractivity contribution < 1.29 is 13.0 Å². The molecule has 0 aromatic carbocycles. The Morgan fingerprint density at radius 3 is 2.12 bits per heavy atom. The fourth-order valence-electron chi connectivity index (χ4n) is 0.0796. The van der Waals surface area contributed by atoms with Gasteiger partial charge in [-0.2, -0.15) is 8.42 Å². The van der Waals surface area contributed by atoms with E-state index in [1.54, 1.807) is 0 Å². The number of hydrogen-bond acceptors (Lipinski definition) is 2. The molecule has 0 saturated carbocycles. The first-order valence-corrected chi connectivity index (χ1v) is 4.04. The molecule has 0 aliphatic rings. The summed E-state index contributed by atoms with van der Waals surface area (Å²) < 4.78 is 28.2. The van der Waals surface area contributed by atoms with Gasteiger partial charge in [0.2, 0.25) is 0 Å². The third-order valence-electron chi connectivity index (χ3n) is 0.726. The van der Waals surface area contributed by atoms with Crippen LogP contribution in [-0.4, -0.2) is 24.1 Å². The van der Waals surface area contributed by atoms with Gasteiger partial charge in [0, 0.05) is 5.88 Å². The van der Waals surface area contributed by atoms with Gasteiger partial charge in [-0.1, -0.05) is 0 Å². The van der Waals surface area contributed by atoms with E-state index in [0.29, 0.717) is 0 Å². The van der Waals surface area contributed by atoms with Gasteiger partial charge >= 0.3 is 0 Å². The van der Waals surface area contributed by atoms with Crippen molar-refractivity contribution in [1.82, 2.24) is 0 Å². The summed E-state index contributed by atoms with van der Waals surface area (Å²) in [4.78, 5) is 0. The van der Waals surface area contributed by atoms with E-state index in [4.69, 9.17) is 16.2 Å². The first-order valence-electron chi connectivity index (χ1n) is 2.00. The molecule has 0 bridgehead atoms. The minimum atomic E-state index is -3.88. The zero-order valence-corrected chi connectivity index (χ0v) is 5.91. The van der Waals surface area contributed by atoms with Gasteiger partial charge < -0.3 is 0 Å². The van der Waals surface area contributed by atoms with E-state index in [1.807, 2.05) is 0 Å². The van der Waals surface area contributed by atoms with Gasteiger partial charge in [-0.3, -0.25) is 4.55 Å². The molecule has 0 aromatic heterocycles. The van der Waals surface area contributed by atoms with E-state index in [2.05, 4.69) is 0 Å². The highest BCUT2D eigenvalue weighted by molar-refractivity contribution is 7.86. The molecule has 1 atom stereocenters. The normalized spacial score (nSPS) is 15.9. The summed E-state index contributed by atoms with van der Waals surface area (Å²) in [7, 11) is -3.88. The Morgan fingerprint density at radius 2 is 2.12 bits per heavy atom. The average molecular weight is 159 g/mol. The Hall–Kier alpha value is 0.200. The molecule has 0 amide bonds. The quantitative estimate of drug-likeness (QED) is 0.471. The van der Waals surface area contributed by atoms with E-state index in [-0.39, 0.29) is 5.88 Å². The zero-order chi connectivity index (χ0) is 6.78. The van der Waals surface area contributed by atoms with E-state index in [1.165, 1.54) is 6.92 Å². The summed E-state index contributed by atoms with van der Waals surface area (Å²) in [6.07, 6.45) is 0. The van der Waals surface area contributed by atoms with Crippen molar-refractivity contribution in [3.05, 3.63) is 0 Å². The fourth-order valence-corrected chi connectivity index (χ4v) is 0.716. The van der Waals surface area contributed by atoms with Crippen molar-refractivity contribution in [2.75, 3.05) is 5.88 Å². The van der Waals surface area contributed by atoms with Crippen LogP contribution in [0, 0.1) is 0 Å². The van der Waals surface area contributed by atoms with Crippen LogP contribution in [-0.2, 0) is 10.1 Å². The minimum absolute atomic E-state index is 0.0706. The van der Waals surface area contributed by atoms with E-state index >= 15 is 0 Å². The van der Waals surface area contributed by atoms with Gasteiger partial charge in [-0.05, 0) is 6.92 Å². The van der Waals surface area contributed by atoms with Gasteiger partial charge in [-0.25, -0.2) is 0 Å². The highest BCUT2D eigenvalue weighted by atomic mass is 35.5. The lowest BCUT2D eigenvalue weighted by molar-refractivity contribution is 0.474. The monoisotopic (exact) mass is 158 g/mol. The molecule has 0 spiro atoms. The zero-order valence-electron chi connectivity index (χ0n) is 4.33. The van der Waals surface area contributed by atoms with Crippen molar-refractivity contribution >= 4 is 21.7 Å². The van der Waals surface area contributed by atoms with E-state index in [9.17, 15) is 8.42 Å². The summed E-state index contributed by atoms with van der Waals surface area (Å²) >= 11 is 5.10. The highest BCUT2D eigenvalue weighted by Crippen LogP contribution is 1.97. The molecule has 0 heterocycles. The van der Waals surface area contributed by atoms with Crippen LogP contribution in [0.4, 0.5) is 0 Å². The molecular weight excluding hydrogens is 152 g/mol. The highest BCUT2D eigenvalue weighted by Gasteiger charge is 2.14. The summed E-state index contributed by atoms with van der Waals surface area (Å²) in [5, 5.41) is -0.857. The van der Waals surface area contributed by atoms with Crippen molar-refractivity contribution in [3.63, 3.8) is 0 Å². The Morgan fingerprint density at radius 1 is 1.75 bits per heavy atom. The van der Waals surface area contributed by atoms with Crippen LogP contribution in [0.15, 0.2) is 0 Å². The topological polar surface area (TPSA) is 54.4 Å². The maximum atomic E-state index is 10.0. The third-order valence-corrected chi connectivity index (χ3v) is 2.56. The third kappa shape index (κ3) is 2.49. The lowest BCUT2D eigenvalue weighted by Crippen LogP contribution is -2.17. The lowest BCUT2D eigenvalue weighted by Gasteiger charge is -1.99. The van der Waals surface area contributed by atoms with Gasteiger partial charge in [-0.15, -0.1) is 11.6 Å². The van der Waals surface area contributed by atoms with Gasteiger partial charge in [0.05, 0.1) is 5.25 Å². The molecule has 0 aliphatic carbocycles. The summed E-state index contributed by atoms with van der Waals surface area (Å²) in [5.41, 5.74) is 0. The first-order chi connectivity index (χ1) is 3.48. The van der Waals surface area contributed by atoms with Crippen LogP contribution in [0.25, 0.3) is 0 Å². The molecule has 1 unspecified atom stereocenters. The predicted octanol–water partition coefficient (Wildman–Crippen LogP) is 0.502. The van der Waals surface area contributed by atoms with Crippen molar-refractivity contribution in [2.24, 2.45) is 0 Å². The van der Waals surface area contributed by atoms with Gasteiger partial charge in [0.25, 0.3) is 10.1 Å². The minimum Gasteiger partial charge on any atom is -0.285 e. The lowest BCUT2D eigenvalue weighted by atomic mass is 10.6. The Balaban J connectivity index is 4.04. The number of hydrogen-bond donors (Lipinski definition) is 1. The van der Waals surface area contributed by atoms with Crippen LogP contribution in [0.1, 0.15) is 6.92 Å². The second-order valence-electron chi connectivity index (χ2n) is 1.48. The summed E-state index contributed by atoms with van der Waals surface area (Å²) in [5.74, 6) is -0.0706. The standard InChI is InChI=1S/C3H7ClO3S/c1-3(2-4)8(5,6)7/h3H,2H2,1H3,(H,5,6,7). The molecule has 0 fully saturated rings.